The van der Waals surface area contributed by atoms with E-state index in [0.717, 1.165) is 0 Å². The molecule has 0 aliphatic heterocycles. The first kappa shape index (κ1) is 10.3. The van der Waals surface area contributed by atoms with E-state index in [1.165, 1.54) is 6.33 Å². The Kier molecular flexibility index (Phi) is 3.70. The van der Waals surface area contributed by atoms with Crippen LogP contribution < -0.4 is 5.32 Å². The topological polar surface area (TPSA) is 67.2 Å². The molecule has 1 aromatic heterocycles. The second-order valence-corrected chi connectivity index (χ2v) is 2.68. The van der Waals surface area contributed by atoms with E-state index in [9.17, 15) is 4.79 Å². The lowest BCUT2D eigenvalue weighted by molar-refractivity contribution is -0.121. The molecule has 5 nitrogen and oxygen atoms in total. The minimum absolute atomic E-state index is 0.126. The molecule has 1 rings (SSSR count). The normalized spacial score (nSPS) is 9.43. The van der Waals surface area contributed by atoms with Crippen LogP contribution in [0.15, 0.2) is 12.5 Å². The molecule has 0 fully saturated rings. The number of carbonyl (C=O) groups is 1. The number of aromatic nitrogens is 2. The molecule has 2 N–H and O–H groups in total. The fourth-order valence-electron chi connectivity index (χ4n) is 0.946. The van der Waals surface area contributed by atoms with Gasteiger partial charge in [-0.3, -0.25) is 4.79 Å². The Morgan fingerprint density at radius 3 is 3.14 bits per heavy atom. The Labute approximate surface area is 81.8 Å². The zero-order valence-corrected chi connectivity index (χ0v) is 7.60. The number of aliphatic hydroxyl groups is 1. The molecule has 0 bridgehead atoms. The van der Waals surface area contributed by atoms with Gasteiger partial charge >= 0.3 is 0 Å². The van der Waals surface area contributed by atoms with E-state index in [1.54, 1.807) is 10.8 Å². The summed E-state index contributed by atoms with van der Waals surface area (Å²) in [5.41, 5.74) is 0.537. The second-order valence-electron chi connectivity index (χ2n) is 2.68. The van der Waals surface area contributed by atoms with Crippen LogP contribution in [0.1, 0.15) is 5.69 Å². The molecular formula is C9H11N3O2. The third-order valence-corrected chi connectivity index (χ3v) is 1.56. The average molecular weight is 193 g/mol. The molecule has 0 aromatic carbocycles. The molecule has 1 heterocycles. The summed E-state index contributed by atoms with van der Waals surface area (Å²) in [5, 5.41) is 11.2. The number of carbonyl (C=O) groups excluding carboxylic acids is 1. The molecule has 1 aromatic rings. The maximum absolute atomic E-state index is 11.2. The van der Waals surface area contributed by atoms with E-state index >= 15 is 0 Å². The van der Waals surface area contributed by atoms with Crippen LogP contribution in [0, 0.1) is 12.3 Å². The highest BCUT2D eigenvalue weighted by atomic mass is 16.3. The van der Waals surface area contributed by atoms with E-state index in [4.69, 9.17) is 11.5 Å². The Hall–Kier alpha value is -1.80. The van der Waals surface area contributed by atoms with Gasteiger partial charge in [-0.1, -0.05) is 5.92 Å². The molecule has 0 spiro atoms. The summed E-state index contributed by atoms with van der Waals surface area (Å²) in [4.78, 5) is 15.0. The molecule has 74 valence electrons. The Balaban J connectivity index is 2.44. The summed E-state index contributed by atoms with van der Waals surface area (Å²) < 4.78 is 1.58. The van der Waals surface area contributed by atoms with Crippen molar-refractivity contribution in [3.63, 3.8) is 0 Å². The first-order valence-corrected chi connectivity index (χ1v) is 4.08. The minimum Gasteiger partial charge on any atom is -0.390 e. The number of terminal acetylenes is 1. The van der Waals surface area contributed by atoms with Gasteiger partial charge in [-0.25, -0.2) is 4.98 Å². The highest BCUT2D eigenvalue weighted by molar-refractivity contribution is 5.75. The molecule has 0 aliphatic rings. The van der Waals surface area contributed by atoms with Gasteiger partial charge in [0.05, 0.1) is 25.2 Å². The maximum atomic E-state index is 11.2. The smallest absolute Gasteiger partial charge is 0.240 e. The molecule has 0 aliphatic carbocycles. The molecule has 0 saturated carbocycles. The van der Waals surface area contributed by atoms with Crippen molar-refractivity contribution in [2.45, 2.75) is 13.2 Å². The quantitative estimate of drug-likeness (QED) is 0.610. The zero-order valence-electron chi connectivity index (χ0n) is 7.60. The van der Waals surface area contributed by atoms with E-state index in [1.807, 2.05) is 0 Å². The predicted octanol–water partition coefficient (Wildman–Crippen LogP) is -0.875. The van der Waals surface area contributed by atoms with Crippen LogP contribution >= 0.6 is 0 Å². The van der Waals surface area contributed by atoms with Gasteiger partial charge in [-0.2, -0.15) is 0 Å². The number of hydrogen-bond acceptors (Lipinski definition) is 3. The lowest BCUT2D eigenvalue weighted by atomic mass is 10.5. The van der Waals surface area contributed by atoms with Gasteiger partial charge < -0.3 is 15.0 Å². The molecule has 5 heteroatoms. The van der Waals surface area contributed by atoms with Crippen molar-refractivity contribution in [1.82, 2.24) is 14.9 Å². The number of rotatable bonds is 4. The summed E-state index contributed by atoms with van der Waals surface area (Å²) in [5.74, 6) is 2.13. The van der Waals surface area contributed by atoms with Gasteiger partial charge in [0.2, 0.25) is 5.91 Å². The van der Waals surface area contributed by atoms with E-state index < -0.39 is 0 Å². The van der Waals surface area contributed by atoms with Crippen molar-refractivity contribution in [2.75, 3.05) is 6.54 Å². The van der Waals surface area contributed by atoms with Crippen LogP contribution in [-0.4, -0.2) is 27.1 Å². The van der Waals surface area contributed by atoms with Gasteiger partial charge in [0.15, 0.2) is 0 Å². The molecule has 0 atom stereocenters. The summed E-state index contributed by atoms with van der Waals surface area (Å²) in [7, 11) is 0. The highest BCUT2D eigenvalue weighted by Gasteiger charge is 2.02. The SMILES string of the molecule is C#CCNC(=O)Cn1cnc(CO)c1. The number of amides is 1. The standard InChI is InChI=1S/C9H11N3O2/c1-2-3-10-9(14)5-12-4-8(6-13)11-7-12/h1,4,7,13H,3,5-6H2,(H,10,14). The van der Waals surface area contributed by atoms with Gasteiger partial charge in [0, 0.05) is 6.20 Å². The summed E-state index contributed by atoms with van der Waals surface area (Å²) in [6.07, 6.45) is 8.07. The minimum atomic E-state index is -0.176. The number of aliphatic hydroxyl groups excluding tert-OH is 1. The van der Waals surface area contributed by atoms with E-state index in [-0.39, 0.29) is 25.6 Å². The third-order valence-electron chi connectivity index (χ3n) is 1.56. The van der Waals surface area contributed by atoms with Crippen molar-refractivity contribution >= 4 is 5.91 Å². The number of nitrogens with zero attached hydrogens (tertiary/aromatic N) is 2. The van der Waals surface area contributed by atoms with Crippen LogP contribution in [0.5, 0.6) is 0 Å². The zero-order chi connectivity index (χ0) is 10.4. The van der Waals surface area contributed by atoms with E-state index in [2.05, 4.69) is 16.2 Å². The second kappa shape index (κ2) is 5.04. The van der Waals surface area contributed by atoms with Gasteiger partial charge in [0.1, 0.15) is 6.54 Å². The molecule has 0 unspecified atom stereocenters. The fourth-order valence-corrected chi connectivity index (χ4v) is 0.946. The molecular weight excluding hydrogens is 182 g/mol. The van der Waals surface area contributed by atoms with Crippen molar-refractivity contribution in [3.8, 4) is 12.3 Å². The van der Waals surface area contributed by atoms with Gasteiger partial charge in [0.25, 0.3) is 0 Å². The van der Waals surface area contributed by atoms with Crippen LogP contribution in [-0.2, 0) is 17.9 Å². The maximum Gasteiger partial charge on any atom is 0.240 e. The molecule has 0 saturated heterocycles. The van der Waals surface area contributed by atoms with E-state index in [0.29, 0.717) is 5.69 Å². The average Bonchev–Trinajstić information content (AvgIpc) is 2.62. The van der Waals surface area contributed by atoms with Crippen molar-refractivity contribution in [3.05, 3.63) is 18.2 Å². The van der Waals surface area contributed by atoms with Crippen molar-refractivity contribution < 1.29 is 9.90 Å². The van der Waals surface area contributed by atoms with Gasteiger partial charge in [-0.05, 0) is 0 Å². The number of imidazole rings is 1. The molecule has 1 amide bonds. The predicted molar refractivity (Wildman–Crippen MR) is 50.0 cm³/mol. The highest BCUT2D eigenvalue weighted by Crippen LogP contribution is 1.94. The van der Waals surface area contributed by atoms with Crippen LogP contribution in [0.3, 0.4) is 0 Å². The lowest BCUT2D eigenvalue weighted by Gasteiger charge is -2.01. The van der Waals surface area contributed by atoms with Crippen LogP contribution in [0.2, 0.25) is 0 Å². The number of hydrogen-bond donors (Lipinski definition) is 2. The Morgan fingerprint density at radius 1 is 1.79 bits per heavy atom. The monoisotopic (exact) mass is 193 g/mol. The molecule has 14 heavy (non-hydrogen) atoms. The van der Waals surface area contributed by atoms with Crippen LogP contribution in [0.4, 0.5) is 0 Å². The first-order valence-electron chi connectivity index (χ1n) is 4.08. The molecule has 0 radical (unpaired) electrons. The number of nitrogens with one attached hydrogen (secondary N) is 1. The Bertz CT molecular complexity index is 351. The Morgan fingerprint density at radius 2 is 2.57 bits per heavy atom. The summed E-state index contributed by atoms with van der Waals surface area (Å²) in [6.45, 7) is 0.258. The van der Waals surface area contributed by atoms with Crippen LogP contribution in [0.25, 0.3) is 0 Å². The van der Waals surface area contributed by atoms with Gasteiger partial charge in [-0.15, -0.1) is 6.42 Å². The van der Waals surface area contributed by atoms with Crippen molar-refractivity contribution in [2.24, 2.45) is 0 Å². The lowest BCUT2D eigenvalue weighted by Crippen LogP contribution is -2.27. The third kappa shape index (κ3) is 2.92. The largest absolute Gasteiger partial charge is 0.390 e. The summed E-state index contributed by atoms with van der Waals surface area (Å²) in [6, 6.07) is 0. The summed E-state index contributed by atoms with van der Waals surface area (Å²) >= 11 is 0. The van der Waals surface area contributed by atoms with Crippen molar-refractivity contribution in [1.29, 1.82) is 0 Å². The fraction of sp³-hybridized carbons (Fsp3) is 0.333. The first-order chi connectivity index (χ1) is 6.76.